The monoisotopic (exact) mass is 171 g/mol. The van der Waals surface area contributed by atoms with Crippen LogP contribution >= 0.6 is 0 Å². The van der Waals surface area contributed by atoms with Crippen LogP contribution in [-0.4, -0.2) is 19.5 Å². The number of carbonyl (C=O) groups is 1. The molecule has 0 fully saturated rings. The van der Waals surface area contributed by atoms with Crippen molar-refractivity contribution in [2.75, 3.05) is 0 Å². The maximum Gasteiger partial charge on any atom is 1.00 e. The SMILES string of the molecule is O=C([O-])c1ccccc1O.[B].[Na+]. The van der Waals surface area contributed by atoms with Crippen LogP contribution in [0, 0.1) is 0 Å². The van der Waals surface area contributed by atoms with E-state index in [0.29, 0.717) is 0 Å². The van der Waals surface area contributed by atoms with Crippen molar-refractivity contribution < 1.29 is 44.6 Å². The summed E-state index contributed by atoms with van der Waals surface area (Å²) in [6, 6.07) is 5.64. The van der Waals surface area contributed by atoms with Gasteiger partial charge in [0.25, 0.3) is 0 Å². The Morgan fingerprint density at radius 3 is 2.17 bits per heavy atom. The molecule has 12 heavy (non-hydrogen) atoms. The Kier molecular flexibility index (Phi) is 7.18. The fraction of sp³-hybridized carbons (Fsp3) is 0. The van der Waals surface area contributed by atoms with E-state index in [2.05, 4.69) is 0 Å². The fourth-order valence-electron chi connectivity index (χ4n) is 0.646. The number of carboxylic acid groups (broad SMARTS) is 1. The van der Waals surface area contributed by atoms with E-state index in [-0.39, 0.29) is 49.3 Å². The minimum Gasteiger partial charge on any atom is -0.545 e. The summed E-state index contributed by atoms with van der Waals surface area (Å²) in [7, 11) is 0. The molecule has 0 aliphatic carbocycles. The molecular weight excluding hydrogens is 166 g/mol. The van der Waals surface area contributed by atoms with Crippen LogP contribution in [0.15, 0.2) is 24.3 Å². The van der Waals surface area contributed by atoms with Crippen LogP contribution < -0.4 is 34.7 Å². The zero-order valence-corrected chi connectivity index (χ0v) is 8.65. The second kappa shape index (κ2) is 6.11. The Balaban J connectivity index is 0. The van der Waals surface area contributed by atoms with Crippen molar-refractivity contribution in [2.45, 2.75) is 0 Å². The molecule has 0 atom stereocenters. The predicted octanol–water partition coefficient (Wildman–Crippen LogP) is -3.62. The Labute approximate surface area is 94.3 Å². The molecule has 1 aromatic carbocycles. The average molecular weight is 171 g/mol. The van der Waals surface area contributed by atoms with E-state index >= 15 is 0 Å². The molecule has 3 radical (unpaired) electrons. The Bertz CT molecular complexity index is 265. The molecule has 3 nitrogen and oxygen atoms in total. The van der Waals surface area contributed by atoms with Crippen molar-refractivity contribution in [1.82, 2.24) is 0 Å². The number of benzene rings is 1. The van der Waals surface area contributed by atoms with Crippen LogP contribution in [0.1, 0.15) is 10.4 Å². The molecule has 1 aromatic rings. The van der Waals surface area contributed by atoms with Crippen molar-refractivity contribution in [3.63, 3.8) is 0 Å². The molecule has 0 saturated carbocycles. The fourth-order valence-corrected chi connectivity index (χ4v) is 0.646. The van der Waals surface area contributed by atoms with Crippen LogP contribution in [0.3, 0.4) is 0 Å². The van der Waals surface area contributed by atoms with Gasteiger partial charge >= 0.3 is 29.6 Å². The smallest absolute Gasteiger partial charge is 0.545 e. The summed E-state index contributed by atoms with van der Waals surface area (Å²) in [5.74, 6) is -1.62. The predicted molar refractivity (Wildman–Crippen MR) is 38.2 cm³/mol. The molecule has 0 aromatic heterocycles. The first-order chi connectivity index (χ1) is 4.72. The third-order valence-electron chi connectivity index (χ3n) is 1.12. The van der Waals surface area contributed by atoms with Gasteiger partial charge in [-0.15, -0.1) is 0 Å². The van der Waals surface area contributed by atoms with Gasteiger partial charge in [0.2, 0.25) is 0 Å². The summed E-state index contributed by atoms with van der Waals surface area (Å²) in [4.78, 5) is 10.2. The van der Waals surface area contributed by atoms with E-state index in [4.69, 9.17) is 5.11 Å². The van der Waals surface area contributed by atoms with Gasteiger partial charge < -0.3 is 15.0 Å². The number of hydrogen-bond acceptors (Lipinski definition) is 3. The Morgan fingerprint density at radius 2 is 1.83 bits per heavy atom. The maximum atomic E-state index is 10.2. The maximum absolute atomic E-state index is 10.2. The van der Waals surface area contributed by atoms with E-state index in [0.717, 1.165) is 0 Å². The molecule has 0 heterocycles. The summed E-state index contributed by atoms with van der Waals surface area (Å²) in [6.07, 6.45) is 0. The Hall–Kier alpha value is -0.445. The average Bonchev–Trinajstić information content (AvgIpc) is 1.88. The molecule has 55 valence electrons. The molecule has 1 N–H and O–H groups in total. The number of para-hydroxylation sites is 1. The second-order valence-corrected chi connectivity index (χ2v) is 1.80. The van der Waals surface area contributed by atoms with E-state index in [1.165, 1.54) is 18.2 Å². The van der Waals surface area contributed by atoms with Gasteiger partial charge in [-0.25, -0.2) is 0 Å². The number of carboxylic acids is 1. The van der Waals surface area contributed by atoms with Gasteiger partial charge in [-0.05, 0) is 12.1 Å². The zero-order chi connectivity index (χ0) is 7.56. The van der Waals surface area contributed by atoms with E-state index < -0.39 is 5.97 Å². The van der Waals surface area contributed by atoms with Gasteiger partial charge in [0.1, 0.15) is 5.75 Å². The molecule has 0 spiro atoms. The second-order valence-electron chi connectivity index (χ2n) is 1.80. The molecule has 0 amide bonds. The van der Waals surface area contributed by atoms with Crippen molar-refractivity contribution in [1.29, 1.82) is 0 Å². The molecule has 1 rings (SSSR count). The number of aromatic hydroxyl groups is 1. The van der Waals surface area contributed by atoms with Gasteiger partial charge in [0.05, 0.1) is 5.97 Å². The first kappa shape index (κ1) is 14.1. The molecule has 0 bridgehead atoms. The number of hydrogen-bond donors (Lipinski definition) is 1. The first-order valence-corrected chi connectivity index (χ1v) is 2.71. The topological polar surface area (TPSA) is 60.4 Å². The van der Waals surface area contributed by atoms with E-state index in [9.17, 15) is 9.90 Å². The minimum atomic E-state index is -1.36. The third kappa shape index (κ3) is 3.30. The van der Waals surface area contributed by atoms with Crippen LogP contribution in [-0.2, 0) is 0 Å². The van der Waals surface area contributed by atoms with Crippen LogP contribution in [0.4, 0.5) is 0 Å². The molecular formula is C7H5BNaO3. The largest absolute Gasteiger partial charge is 1.00 e. The molecule has 5 heteroatoms. The summed E-state index contributed by atoms with van der Waals surface area (Å²) in [5.41, 5.74) is -0.178. The van der Waals surface area contributed by atoms with Crippen LogP contribution in [0.25, 0.3) is 0 Å². The van der Waals surface area contributed by atoms with Crippen molar-refractivity contribution in [3.05, 3.63) is 29.8 Å². The van der Waals surface area contributed by atoms with Gasteiger partial charge in [-0.1, -0.05) is 12.1 Å². The molecule has 0 saturated heterocycles. The zero-order valence-electron chi connectivity index (χ0n) is 6.65. The molecule has 0 aliphatic heterocycles. The van der Waals surface area contributed by atoms with Gasteiger partial charge in [-0.2, -0.15) is 0 Å². The van der Waals surface area contributed by atoms with Gasteiger partial charge in [0.15, 0.2) is 0 Å². The quantitative estimate of drug-likeness (QED) is 0.443. The summed E-state index contributed by atoms with van der Waals surface area (Å²) in [5, 5.41) is 19.0. The molecule has 0 unspecified atom stereocenters. The number of aromatic carboxylic acids is 1. The summed E-state index contributed by atoms with van der Waals surface area (Å²) in [6.45, 7) is 0. The van der Waals surface area contributed by atoms with E-state index in [1.54, 1.807) is 6.07 Å². The van der Waals surface area contributed by atoms with Crippen molar-refractivity contribution >= 4 is 14.4 Å². The van der Waals surface area contributed by atoms with Gasteiger partial charge in [-0.3, -0.25) is 0 Å². The number of rotatable bonds is 1. The Morgan fingerprint density at radius 1 is 1.33 bits per heavy atom. The summed E-state index contributed by atoms with van der Waals surface area (Å²) < 4.78 is 0. The third-order valence-corrected chi connectivity index (χ3v) is 1.12. The first-order valence-electron chi connectivity index (χ1n) is 2.71. The van der Waals surface area contributed by atoms with Crippen molar-refractivity contribution in [3.8, 4) is 5.75 Å². The van der Waals surface area contributed by atoms with Crippen LogP contribution in [0.2, 0.25) is 0 Å². The minimum absolute atomic E-state index is 0. The van der Waals surface area contributed by atoms with E-state index in [1.807, 2.05) is 0 Å². The normalized spacial score (nSPS) is 7.67. The van der Waals surface area contributed by atoms with Crippen LogP contribution in [0.5, 0.6) is 5.75 Å². The summed E-state index contributed by atoms with van der Waals surface area (Å²) >= 11 is 0. The standard InChI is InChI=1S/C7H6O3.B.Na/c8-6-4-2-1-3-5(6)7(9)10;;/h1-4,8H,(H,9,10);;/q;;+1/p-1. The number of carbonyl (C=O) groups excluding carboxylic acids is 1. The van der Waals surface area contributed by atoms with Crippen molar-refractivity contribution in [2.24, 2.45) is 0 Å². The molecule has 0 aliphatic rings. The van der Waals surface area contributed by atoms with Gasteiger partial charge in [0, 0.05) is 14.0 Å². The number of phenols is 1.